The number of halogens is 1. The summed E-state index contributed by atoms with van der Waals surface area (Å²) in [5.74, 6) is 0.824. The average molecular weight is 353 g/mol. The summed E-state index contributed by atoms with van der Waals surface area (Å²) >= 11 is 3.52. The second kappa shape index (κ2) is 5.84. The number of esters is 1. The van der Waals surface area contributed by atoms with Crippen LogP contribution >= 0.6 is 15.9 Å². The Morgan fingerprint density at radius 3 is 2.62 bits per heavy atom. The molecule has 0 amide bonds. The van der Waals surface area contributed by atoms with Crippen molar-refractivity contribution in [3.63, 3.8) is 0 Å². The Kier molecular flexibility index (Phi) is 4.47. The van der Waals surface area contributed by atoms with Gasteiger partial charge in [-0.1, -0.05) is 13.8 Å². The first-order valence-corrected chi connectivity index (χ1v) is 7.97. The van der Waals surface area contributed by atoms with E-state index in [2.05, 4.69) is 35.9 Å². The Bertz CT molecular complexity index is 600. The number of carbonyl (C=O) groups excluding carboxylic acids is 1. The molecule has 1 aromatic carbocycles. The van der Waals surface area contributed by atoms with Gasteiger partial charge in [0.1, 0.15) is 11.4 Å². The number of hydrogen-bond donors (Lipinski definition) is 0. The molecule has 0 spiro atoms. The normalized spacial score (nSPS) is 16.0. The summed E-state index contributed by atoms with van der Waals surface area (Å²) in [6, 6.07) is 3.62. The molecule has 0 unspecified atom stereocenters. The van der Waals surface area contributed by atoms with E-state index in [0.717, 1.165) is 15.8 Å². The molecule has 0 saturated carbocycles. The first-order chi connectivity index (χ1) is 9.75. The molecule has 1 aliphatic heterocycles. The first kappa shape index (κ1) is 16.1. The Hall–Kier alpha value is -1.29. The number of allylic oxidation sites excluding steroid dienone is 1. The van der Waals surface area contributed by atoms with Gasteiger partial charge in [0, 0.05) is 5.56 Å². The Labute approximate surface area is 134 Å². The number of hydrogen-bond acceptors (Lipinski definition) is 3. The van der Waals surface area contributed by atoms with E-state index in [1.807, 2.05) is 19.9 Å². The fourth-order valence-electron chi connectivity index (χ4n) is 2.47. The Morgan fingerprint density at radius 2 is 2.05 bits per heavy atom. The molecule has 0 bridgehead atoms. The lowest BCUT2D eigenvalue weighted by atomic mass is 9.87. The largest absolute Gasteiger partial charge is 0.482 e. The molecule has 21 heavy (non-hydrogen) atoms. The van der Waals surface area contributed by atoms with Crippen LogP contribution in [0, 0.1) is 5.92 Å². The van der Waals surface area contributed by atoms with E-state index in [-0.39, 0.29) is 11.6 Å². The van der Waals surface area contributed by atoms with Gasteiger partial charge in [0.25, 0.3) is 0 Å². The van der Waals surface area contributed by atoms with Crippen molar-refractivity contribution >= 4 is 27.5 Å². The number of ether oxygens (including phenoxy) is 2. The number of carbonyl (C=O) groups is 1. The van der Waals surface area contributed by atoms with Crippen molar-refractivity contribution in [2.75, 3.05) is 6.61 Å². The molecule has 2 rings (SSSR count). The van der Waals surface area contributed by atoms with Gasteiger partial charge in [-0.25, -0.2) is 4.79 Å². The first-order valence-electron chi connectivity index (χ1n) is 7.18. The highest BCUT2D eigenvalue weighted by atomic mass is 79.9. The van der Waals surface area contributed by atoms with Gasteiger partial charge in [0.05, 0.1) is 16.6 Å². The van der Waals surface area contributed by atoms with E-state index in [1.165, 1.54) is 5.57 Å². The molecule has 1 aliphatic rings. The predicted molar refractivity (Wildman–Crippen MR) is 87.6 cm³/mol. The topological polar surface area (TPSA) is 35.5 Å². The van der Waals surface area contributed by atoms with Crippen LogP contribution in [0.4, 0.5) is 0 Å². The minimum atomic E-state index is -0.361. The number of benzene rings is 1. The lowest BCUT2D eigenvalue weighted by Gasteiger charge is -2.33. The standard InChI is InChI=1S/C17H21BrO3/c1-6-20-16(19)11-7-12-13(10(2)3)9-17(4,5)21-15(12)14(18)8-11/h7-10H,6H2,1-5H3. The summed E-state index contributed by atoms with van der Waals surface area (Å²) in [6.45, 7) is 10.5. The van der Waals surface area contributed by atoms with Gasteiger partial charge in [-0.2, -0.15) is 0 Å². The molecule has 0 aromatic heterocycles. The van der Waals surface area contributed by atoms with E-state index in [9.17, 15) is 4.79 Å². The van der Waals surface area contributed by atoms with Crippen LogP contribution in [0.5, 0.6) is 5.75 Å². The zero-order valence-corrected chi connectivity index (χ0v) is 14.7. The maximum absolute atomic E-state index is 12.0. The number of fused-ring (bicyclic) bond motifs is 1. The maximum Gasteiger partial charge on any atom is 0.338 e. The van der Waals surface area contributed by atoms with Crippen LogP contribution in [-0.4, -0.2) is 18.2 Å². The lowest BCUT2D eigenvalue weighted by molar-refractivity contribution is 0.0526. The van der Waals surface area contributed by atoms with Crippen molar-refractivity contribution in [3.05, 3.63) is 33.8 Å². The quantitative estimate of drug-likeness (QED) is 0.730. The van der Waals surface area contributed by atoms with Crippen LogP contribution in [0.15, 0.2) is 22.7 Å². The molecule has 0 atom stereocenters. The highest BCUT2D eigenvalue weighted by Crippen LogP contribution is 2.44. The highest BCUT2D eigenvalue weighted by molar-refractivity contribution is 9.10. The van der Waals surface area contributed by atoms with Crippen molar-refractivity contribution in [2.45, 2.75) is 40.2 Å². The van der Waals surface area contributed by atoms with Crippen molar-refractivity contribution in [2.24, 2.45) is 5.92 Å². The summed E-state index contributed by atoms with van der Waals surface area (Å²) in [4.78, 5) is 12.0. The van der Waals surface area contributed by atoms with Gasteiger partial charge in [-0.15, -0.1) is 0 Å². The third-order valence-corrected chi connectivity index (χ3v) is 3.95. The van der Waals surface area contributed by atoms with Crippen LogP contribution in [-0.2, 0) is 4.74 Å². The molecule has 0 saturated heterocycles. The van der Waals surface area contributed by atoms with Crippen LogP contribution < -0.4 is 4.74 Å². The van der Waals surface area contributed by atoms with Gasteiger partial charge in [-0.3, -0.25) is 0 Å². The van der Waals surface area contributed by atoms with Crippen molar-refractivity contribution in [1.29, 1.82) is 0 Å². The van der Waals surface area contributed by atoms with E-state index in [0.29, 0.717) is 18.1 Å². The molecule has 0 aliphatic carbocycles. The fourth-order valence-corrected chi connectivity index (χ4v) is 3.01. The molecule has 0 radical (unpaired) electrons. The molecule has 3 nitrogen and oxygen atoms in total. The molecule has 0 fully saturated rings. The molecule has 114 valence electrons. The third-order valence-electron chi connectivity index (χ3n) is 3.36. The van der Waals surface area contributed by atoms with Gasteiger partial charge in [0.15, 0.2) is 0 Å². The van der Waals surface area contributed by atoms with Crippen molar-refractivity contribution in [3.8, 4) is 5.75 Å². The molecule has 0 N–H and O–H groups in total. The van der Waals surface area contributed by atoms with E-state index in [4.69, 9.17) is 9.47 Å². The van der Waals surface area contributed by atoms with E-state index >= 15 is 0 Å². The van der Waals surface area contributed by atoms with Crippen molar-refractivity contribution in [1.82, 2.24) is 0 Å². The summed E-state index contributed by atoms with van der Waals surface area (Å²) < 4.78 is 11.9. The molecule has 1 aromatic rings. The van der Waals surface area contributed by atoms with Gasteiger partial charge >= 0.3 is 5.97 Å². The van der Waals surface area contributed by atoms with Crippen molar-refractivity contribution < 1.29 is 14.3 Å². The summed E-state index contributed by atoms with van der Waals surface area (Å²) in [5.41, 5.74) is 2.33. The minimum absolute atomic E-state index is 0.311. The van der Waals surface area contributed by atoms with Crippen LogP contribution in [0.2, 0.25) is 0 Å². The molecule has 4 heteroatoms. The molecular formula is C17H21BrO3. The van der Waals surface area contributed by atoms with E-state index < -0.39 is 0 Å². The van der Waals surface area contributed by atoms with E-state index in [1.54, 1.807) is 13.0 Å². The number of rotatable bonds is 3. The third kappa shape index (κ3) is 3.31. The van der Waals surface area contributed by atoms with Gasteiger partial charge in [0.2, 0.25) is 0 Å². The summed E-state index contributed by atoms with van der Waals surface area (Å²) in [5, 5.41) is 0. The maximum atomic E-state index is 12.0. The van der Waals surface area contributed by atoms with Crippen LogP contribution in [0.25, 0.3) is 5.57 Å². The van der Waals surface area contributed by atoms with Crippen LogP contribution in [0.1, 0.15) is 50.5 Å². The monoisotopic (exact) mass is 352 g/mol. The van der Waals surface area contributed by atoms with Gasteiger partial charge in [-0.05, 0) is 66.4 Å². The van der Waals surface area contributed by atoms with Gasteiger partial charge < -0.3 is 9.47 Å². The summed E-state index contributed by atoms with van der Waals surface area (Å²) in [6.07, 6.45) is 2.13. The smallest absolute Gasteiger partial charge is 0.338 e. The molecule has 1 heterocycles. The molecular weight excluding hydrogens is 332 g/mol. The zero-order chi connectivity index (χ0) is 15.8. The second-order valence-corrected chi connectivity index (χ2v) is 6.87. The SMILES string of the molecule is CCOC(=O)c1cc(Br)c2c(c1)C(C(C)C)=CC(C)(C)O2. The average Bonchev–Trinajstić information content (AvgIpc) is 2.38. The fraction of sp³-hybridized carbons (Fsp3) is 0.471. The summed E-state index contributed by atoms with van der Waals surface area (Å²) in [7, 11) is 0. The minimum Gasteiger partial charge on any atom is -0.482 e. The van der Waals surface area contributed by atoms with Crippen LogP contribution in [0.3, 0.4) is 0 Å². The highest BCUT2D eigenvalue weighted by Gasteiger charge is 2.30. The predicted octanol–water partition coefficient (Wildman–Crippen LogP) is 4.84. The Morgan fingerprint density at radius 1 is 1.38 bits per heavy atom. The Balaban J connectivity index is 2.58. The second-order valence-electron chi connectivity index (χ2n) is 6.02. The lowest BCUT2D eigenvalue weighted by Crippen LogP contribution is -2.30. The zero-order valence-electron chi connectivity index (χ0n) is 13.1.